The van der Waals surface area contributed by atoms with Crippen LogP contribution in [0.3, 0.4) is 0 Å². The standard InChI is InChI=1S/C10H18O4/c1-7(4-5-8(2)11)10(13)14-6-9(3)12/h8-9,11-12H,1,4-6H2,2-3H3. The summed E-state index contributed by atoms with van der Waals surface area (Å²) >= 11 is 0. The van der Waals surface area contributed by atoms with Gasteiger partial charge in [0.25, 0.3) is 0 Å². The minimum atomic E-state index is -0.663. The fraction of sp³-hybridized carbons (Fsp3) is 0.700. The zero-order valence-corrected chi connectivity index (χ0v) is 8.69. The molecule has 0 bridgehead atoms. The molecular formula is C10H18O4. The van der Waals surface area contributed by atoms with Gasteiger partial charge in [0.1, 0.15) is 6.61 Å². The monoisotopic (exact) mass is 202 g/mol. The summed E-state index contributed by atoms with van der Waals surface area (Å²) < 4.78 is 4.73. The lowest BCUT2D eigenvalue weighted by Gasteiger charge is -2.09. The van der Waals surface area contributed by atoms with E-state index in [0.717, 1.165) is 0 Å². The van der Waals surface area contributed by atoms with Crippen molar-refractivity contribution in [2.24, 2.45) is 0 Å². The molecule has 82 valence electrons. The average molecular weight is 202 g/mol. The molecule has 0 fully saturated rings. The summed E-state index contributed by atoms with van der Waals surface area (Å²) in [5, 5.41) is 17.8. The summed E-state index contributed by atoms with van der Waals surface area (Å²) in [6.07, 6.45) is -0.210. The maximum Gasteiger partial charge on any atom is 0.333 e. The van der Waals surface area contributed by atoms with Crippen molar-refractivity contribution in [2.75, 3.05) is 6.61 Å². The van der Waals surface area contributed by atoms with Crippen LogP contribution in [0.15, 0.2) is 12.2 Å². The van der Waals surface area contributed by atoms with Crippen molar-refractivity contribution in [3.05, 3.63) is 12.2 Å². The molecule has 0 aromatic carbocycles. The van der Waals surface area contributed by atoms with Crippen LogP contribution in [0, 0.1) is 0 Å². The summed E-state index contributed by atoms with van der Waals surface area (Å²) in [4.78, 5) is 11.1. The third-order valence-electron chi connectivity index (χ3n) is 1.61. The first-order valence-electron chi connectivity index (χ1n) is 4.64. The molecule has 0 aliphatic heterocycles. The smallest absolute Gasteiger partial charge is 0.333 e. The summed E-state index contributed by atoms with van der Waals surface area (Å²) in [7, 11) is 0. The van der Waals surface area contributed by atoms with Gasteiger partial charge < -0.3 is 14.9 Å². The number of esters is 1. The van der Waals surface area contributed by atoms with Crippen molar-refractivity contribution < 1.29 is 19.7 Å². The van der Waals surface area contributed by atoms with Gasteiger partial charge in [-0.2, -0.15) is 0 Å². The molecule has 0 radical (unpaired) electrons. The predicted octanol–water partition coefficient (Wildman–Crippen LogP) is 0.628. The molecule has 2 N–H and O–H groups in total. The zero-order chi connectivity index (χ0) is 11.1. The number of carbonyl (C=O) groups is 1. The van der Waals surface area contributed by atoms with Gasteiger partial charge in [-0.05, 0) is 26.7 Å². The molecule has 0 amide bonds. The summed E-state index contributed by atoms with van der Waals surface area (Å²) in [5.41, 5.74) is 0.326. The van der Waals surface area contributed by atoms with Gasteiger partial charge in [0.15, 0.2) is 0 Å². The summed E-state index contributed by atoms with van der Waals surface area (Å²) in [6, 6.07) is 0. The molecule has 0 aromatic heterocycles. The highest BCUT2D eigenvalue weighted by molar-refractivity contribution is 5.87. The van der Waals surface area contributed by atoms with Crippen molar-refractivity contribution in [1.29, 1.82) is 0 Å². The second kappa shape index (κ2) is 6.56. The van der Waals surface area contributed by atoms with Gasteiger partial charge in [0, 0.05) is 5.57 Å². The Balaban J connectivity index is 3.71. The Morgan fingerprint density at radius 3 is 2.36 bits per heavy atom. The number of hydrogen-bond donors (Lipinski definition) is 2. The molecule has 14 heavy (non-hydrogen) atoms. The van der Waals surface area contributed by atoms with Crippen molar-refractivity contribution in [1.82, 2.24) is 0 Å². The van der Waals surface area contributed by atoms with Crippen LogP contribution in [-0.4, -0.2) is 35.0 Å². The van der Waals surface area contributed by atoms with Gasteiger partial charge >= 0.3 is 5.97 Å². The number of aliphatic hydroxyl groups is 2. The summed E-state index contributed by atoms with van der Waals surface area (Å²) in [5.74, 6) is -0.508. The van der Waals surface area contributed by atoms with Gasteiger partial charge in [-0.1, -0.05) is 6.58 Å². The van der Waals surface area contributed by atoms with E-state index in [9.17, 15) is 4.79 Å². The molecule has 0 aliphatic carbocycles. The number of rotatable bonds is 6. The van der Waals surface area contributed by atoms with Crippen molar-refractivity contribution >= 4 is 5.97 Å². The second-order valence-electron chi connectivity index (χ2n) is 3.44. The van der Waals surface area contributed by atoms with E-state index in [4.69, 9.17) is 14.9 Å². The topological polar surface area (TPSA) is 66.8 Å². The first-order valence-corrected chi connectivity index (χ1v) is 4.64. The first-order chi connectivity index (χ1) is 6.43. The van der Waals surface area contributed by atoms with E-state index in [1.54, 1.807) is 6.92 Å². The minimum Gasteiger partial charge on any atom is -0.460 e. The highest BCUT2D eigenvalue weighted by Crippen LogP contribution is 2.07. The molecule has 4 nitrogen and oxygen atoms in total. The van der Waals surface area contributed by atoms with E-state index in [2.05, 4.69) is 6.58 Å². The van der Waals surface area contributed by atoms with Gasteiger partial charge in [-0.25, -0.2) is 4.79 Å². The third-order valence-corrected chi connectivity index (χ3v) is 1.61. The van der Waals surface area contributed by atoms with Crippen molar-refractivity contribution in [2.45, 2.75) is 38.9 Å². The third kappa shape index (κ3) is 6.62. The number of ether oxygens (including phenoxy) is 1. The largest absolute Gasteiger partial charge is 0.460 e. The Kier molecular flexibility index (Phi) is 6.16. The number of aliphatic hydroxyl groups excluding tert-OH is 2. The van der Waals surface area contributed by atoms with Crippen LogP contribution in [0.2, 0.25) is 0 Å². The second-order valence-corrected chi connectivity index (χ2v) is 3.44. The Bertz CT molecular complexity index is 174. The highest BCUT2D eigenvalue weighted by Gasteiger charge is 2.10. The van der Waals surface area contributed by atoms with E-state index in [1.165, 1.54) is 6.92 Å². The normalized spacial score (nSPS) is 14.6. The molecule has 0 rings (SSSR count). The molecule has 0 saturated carbocycles. The van der Waals surface area contributed by atoms with Gasteiger partial charge in [-0.3, -0.25) is 0 Å². The molecule has 0 aliphatic rings. The first kappa shape index (κ1) is 13.1. The fourth-order valence-corrected chi connectivity index (χ4v) is 0.784. The molecule has 2 unspecified atom stereocenters. The van der Waals surface area contributed by atoms with Crippen LogP contribution >= 0.6 is 0 Å². The molecule has 4 heteroatoms. The number of carbonyl (C=O) groups excluding carboxylic acids is 1. The molecular weight excluding hydrogens is 184 g/mol. The van der Waals surface area contributed by atoms with Crippen LogP contribution in [-0.2, 0) is 9.53 Å². The van der Waals surface area contributed by atoms with Gasteiger partial charge in [0.2, 0.25) is 0 Å². The molecule has 0 spiro atoms. The quantitative estimate of drug-likeness (QED) is 0.489. The fourth-order valence-electron chi connectivity index (χ4n) is 0.784. The maximum atomic E-state index is 11.1. The Hall–Kier alpha value is -0.870. The lowest BCUT2D eigenvalue weighted by molar-refractivity contribution is -0.141. The van der Waals surface area contributed by atoms with Crippen LogP contribution in [0.5, 0.6) is 0 Å². The van der Waals surface area contributed by atoms with Gasteiger partial charge in [-0.15, -0.1) is 0 Å². The maximum absolute atomic E-state index is 11.1. The van der Waals surface area contributed by atoms with E-state index >= 15 is 0 Å². The van der Waals surface area contributed by atoms with E-state index in [1.807, 2.05) is 0 Å². The van der Waals surface area contributed by atoms with E-state index in [-0.39, 0.29) is 6.61 Å². The Morgan fingerprint density at radius 1 is 1.36 bits per heavy atom. The van der Waals surface area contributed by atoms with Crippen molar-refractivity contribution in [3.63, 3.8) is 0 Å². The Labute approximate surface area is 84.2 Å². The van der Waals surface area contributed by atoms with E-state index < -0.39 is 18.2 Å². The van der Waals surface area contributed by atoms with Crippen molar-refractivity contribution in [3.8, 4) is 0 Å². The molecule has 2 atom stereocenters. The molecule has 0 aromatic rings. The lowest BCUT2D eigenvalue weighted by atomic mass is 10.1. The summed E-state index contributed by atoms with van der Waals surface area (Å²) in [6.45, 7) is 6.70. The van der Waals surface area contributed by atoms with Crippen LogP contribution < -0.4 is 0 Å². The van der Waals surface area contributed by atoms with Crippen LogP contribution in [0.25, 0.3) is 0 Å². The molecule has 0 saturated heterocycles. The lowest BCUT2D eigenvalue weighted by Crippen LogP contribution is -2.16. The average Bonchev–Trinajstić information content (AvgIpc) is 2.09. The molecule has 0 heterocycles. The zero-order valence-electron chi connectivity index (χ0n) is 8.69. The minimum absolute atomic E-state index is 0.0213. The predicted molar refractivity (Wildman–Crippen MR) is 52.7 cm³/mol. The highest BCUT2D eigenvalue weighted by atomic mass is 16.5. The SMILES string of the molecule is C=C(CCC(C)O)C(=O)OCC(C)O. The number of hydrogen-bond acceptors (Lipinski definition) is 4. The van der Waals surface area contributed by atoms with E-state index in [0.29, 0.717) is 18.4 Å². The Morgan fingerprint density at radius 2 is 1.93 bits per heavy atom. The van der Waals surface area contributed by atoms with Crippen LogP contribution in [0.1, 0.15) is 26.7 Å². The van der Waals surface area contributed by atoms with Crippen LogP contribution in [0.4, 0.5) is 0 Å². The van der Waals surface area contributed by atoms with Gasteiger partial charge in [0.05, 0.1) is 12.2 Å².